The molecule has 8 heteroatoms. The third kappa shape index (κ3) is 4.04. The molecule has 0 aliphatic heterocycles. The maximum Gasteiger partial charge on any atom is 0.287 e. The molecule has 1 rings (SSSR count). The molecular formula is C9H13BrF2N4O. The van der Waals surface area contributed by atoms with Crippen molar-refractivity contribution >= 4 is 27.6 Å². The van der Waals surface area contributed by atoms with Gasteiger partial charge in [0.15, 0.2) is 0 Å². The van der Waals surface area contributed by atoms with Gasteiger partial charge in [0.25, 0.3) is 5.92 Å². The highest BCUT2D eigenvalue weighted by Crippen LogP contribution is 2.27. The number of anilines is 2. The number of rotatable bonds is 6. The van der Waals surface area contributed by atoms with Gasteiger partial charge >= 0.3 is 0 Å². The monoisotopic (exact) mass is 310 g/mol. The molecule has 0 saturated heterocycles. The first-order chi connectivity index (χ1) is 8.00. The molecule has 0 radical (unpaired) electrons. The maximum absolute atomic E-state index is 12.8. The summed E-state index contributed by atoms with van der Waals surface area (Å²) in [5.41, 5.74) is 0. The summed E-state index contributed by atoms with van der Waals surface area (Å²) < 4.78 is 26.1. The summed E-state index contributed by atoms with van der Waals surface area (Å²) in [6.07, 6.45) is 1.27. The summed E-state index contributed by atoms with van der Waals surface area (Å²) in [6, 6.07) is 0. The van der Waals surface area contributed by atoms with Crippen LogP contribution in [0.1, 0.15) is 6.92 Å². The predicted octanol–water partition coefficient (Wildman–Crippen LogP) is 1.71. The van der Waals surface area contributed by atoms with Crippen molar-refractivity contribution in [2.45, 2.75) is 12.8 Å². The summed E-state index contributed by atoms with van der Waals surface area (Å²) in [7, 11) is 0. The zero-order chi connectivity index (χ0) is 12.9. The van der Waals surface area contributed by atoms with E-state index >= 15 is 0 Å². The third-order valence-electron chi connectivity index (χ3n) is 1.88. The van der Waals surface area contributed by atoms with Crippen LogP contribution >= 0.6 is 15.9 Å². The van der Waals surface area contributed by atoms with Gasteiger partial charge < -0.3 is 15.7 Å². The lowest BCUT2D eigenvalue weighted by Crippen LogP contribution is -2.31. The molecule has 17 heavy (non-hydrogen) atoms. The second-order valence-corrected chi connectivity index (χ2v) is 4.08. The Labute approximate surface area is 106 Å². The SMILES string of the molecule is CCNc1ncnc(NCC(F)(F)CO)c1Br. The number of hydrogen-bond donors (Lipinski definition) is 3. The molecule has 5 nitrogen and oxygen atoms in total. The summed E-state index contributed by atoms with van der Waals surface area (Å²) in [5.74, 6) is -2.40. The van der Waals surface area contributed by atoms with E-state index in [-0.39, 0.29) is 5.82 Å². The molecule has 0 aliphatic carbocycles. The van der Waals surface area contributed by atoms with Crippen LogP contribution in [0.4, 0.5) is 20.4 Å². The molecule has 0 aliphatic rings. The van der Waals surface area contributed by atoms with E-state index in [1.807, 2.05) is 6.92 Å². The van der Waals surface area contributed by atoms with Crippen molar-refractivity contribution in [1.29, 1.82) is 0 Å². The first kappa shape index (κ1) is 14.0. The molecule has 0 atom stereocenters. The standard InChI is InChI=1S/C9H13BrF2N4O/c1-2-13-7-6(10)8(16-5-15-7)14-3-9(11,12)4-17/h5,17H,2-4H2,1H3,(H2,13,14,15,16). The molecule has 0 fully saturated rings. The van der Waals surface area contributed by atoms with Crippen LogP contribution in [0.3, 0.4) is 0 Å². The topological polar surface area (TPSA) is 70.1 Å². The first-order valence-electron chi connectivity index (χ1n) is 4.97. The summed E-state index contributed by atoms with van der Waals surface area (Å²) in [6.45, 7) is 0.650. The fraction of sp³-hybridized carbons (Fsp3) is 0.556. The number of aliphatic hydroxyl groups excluding tert-OH is 1. The molecule has 3 N–H and O–H groups in total. The normalized spacial score (nSPS) is 11.4. The van der Waals surface area contributed by atoms with Crippen molar-refractivity contribution in [2.24, 2.45) is 0 Å². The number of aliphatic hydroxyl groups is 1. The first-order valence-corrected chi connectivity index (χ1v) is 5.76. The highest BCUT2D eigenvalue weighted by atomic mass is 79.9. The minimum Gasteiger partial charge on any atom is -0.390 e. The second-order valence-electron chi connectivity index (χ2n) is 3.28. The van der Waals surface area contributed by atoms with Gasteiger partial charge in [0.05, 0.1) is 6.54 Å². The molecule has 0 spiro atoms. The van der Waals surface area contributed by atoms with E-state index in [9.17, 15) is 8.78 Å². The average Bonchev–Trinajstić information content (AvgIpc) is 2.31. The van der Waals surface area contributed by atoms with E-state index in [0.29, 0.717) is 16.8 Å². The van der Waals surface area contributed by atoms with Crippen molar-refractivity contribution in [1.82, 2.24) is 9.97 Å². The van der Waals surface area contributed by atoms with Gasteiger partial charge in [-0.25, -0.2) is 18.7 Å². The Morgan fingerprint density at radius 1 is 1.35 bits per heavy atom. The van der Waals surface area contributed by atoms with E-state index in [1.165, 1.54) is 6.33 Å². The number of aromatic nitrogens is 2. The largest absolute Gasteiger partial charge is 0.390 e. The Kier molecular flexibility index (Phi) is 5.01. The third-order valence-corrected chi connectivity index (χ3v) is 2.63. The number of alkyl halides is 2. The molecule has 1 aromatic rings. The number of nitrogens with zero attached hydrogens (tertiary/aromatic N) is 2. The lowest BCUT2D eigenvalue weighted by atomic mass is 10.3. The smallest absolute Gasteiger partial charge is 0.287 e. The molecule has 0 aromatic carbocycles. The Hall–Kier alpha value is -1.02. The highest BCUT2D eigenvalue weighted by molar-refractivity contribution is 9.10. The Morgan fingerprint density at radius 3 is 2.47 bits per heavy atom. The van der Waals surface area contributed by atoms with E-state index in [0.717, 1.165) is 0 Å². The van der Waals surface area contributed by atoms with Crippen molar-refractivity contribution in [3.05, 3.63) is 10.8 Å². The number of hydrogen-bond acceptors (Lipinski definition) is 5. The fourth-order valence-electron chi connectivity index (χ4n) is 1.05. The van der Waals surface area contributed by atoms with E-state index in [4.69, 9.17) is 5.11 Å². The number of nitrogens with one attached hydrogen (secondary N) is 2. The van der Waals surface area contributed by atoms with Gasteiger partial charge in [-0.1, -0.05) is 0 Å². The van der Waals surface area contributed by atoms with Crippen LogP contribution in [-0.4, -0.2) is 40.7 Å². The Morgan fingerprint density at radius 2 is 1.94 bits per heavy atom. The van der Waals surface area contributed by atoms with E-state index in [1.54, 1.807) is 0 Å². The molecule has 1 aromatic heterocycles. The summed E-state index contributed by atoms with van der Waals surface area (Å²) in [5, 5.41) is 13.8. The van der Waals surface area contributed by atoms with Crippen molar-refractivity contribution < 1.29 is 13.9 Å². The van der Waals surface area contributed by atoms with Gasteiger partial charge in [0.1, 0.15) is 29.0 Å². The quantitative estimate of drug-likeness (QED) is 0.746. The lowest BCUT2D eigenvalue weighted by Gasteiger charge is -2.15. The van der Waals surface area contributed by atoms with E-state index in [2.05, 4.69) is 36.5 Å². The minimum absolute atomic E-state index is 0.254. The fourth-order valence-corrected chi connectivity index (χ4v) is 1.54. The van der Waals surface area contributed by atoms with Gasteiger partial charge in [-0.15, -0.1) is 0 Å². The second kappa shape index (κ2) is 6.06. The van der Waals surface area contributed by atoms with Crippen molar-refractivity contribution in [3.63, 3.8) is 0 Å². The lowest BCUT2D eigenvalue weighted by molar-refractivity contribution is -0.0373. The molecular weight excluding hydrogens is 298 g/mol. The summed E-state index contributed by atoms with van der Waals surface area (Å²) in [4.78, 5) is 7.78. The van der Waals surface area contributed by atoms with Crippen LogP contribution in [0.5, 0.6) is 0 Å². The van der Waals surface area contributed by atoms with Gasteiger partial charge in [-0.2, -0.15) is 0 Å². The zero-order valence-electron chi connectivity index (χ0n) is 9.17. The summed E-state index contributed by atoms with van der Waals surface area (Å²) >= 11 is 3.21. The van der Waals surface area contributed by atoms with Gasteiger partial charge in [-0.05, 0) is 22.9 Å². The predicted molar refractivity (Wildman–Crippen MR) is 64.4 cm³/mol. The van der Waals surface area contributed by atoms with Crippen LogP contribution in [0.2, 0.25) is 0 Å². The highest BCUT2D eigenvalue weighted by Gasteiger charge is 2.27. The van der Waals surface area contributed by atoms with Gasteiger partial charge in [-0.3, -0.25) is 0 Å². The van der Waals surface area contributed by atoms with Gasteiger partial charge in [0, 0.05) is 6.54 Å². The van der Waals surface area contributed by atoms with Crippen LogP contribution in [-0.2, 0) is 0 Å². The van der Waals surface area contributed by atoms with Crippen LogP contribution < -0.4 is 10.6 Å². The van der Waals surface area contributed by atoms with Gasteiger partial charge in [0.2, 0.25) is 0 Å². The zero-order valence-corrected chi connectivity index (χ0v) is 10.8. The van der Waals surface area contributed by atoms with Crippen LogP contribution in [0.15, 0.2) is 10.8 Å². The molecule has 0 bridgehead atoms. The molecule has 1 heterocycles. The van der Waals surface area contributed by atoms with Crippen LogP contribution in [0.25, 0.3) is 0 Å². The molecule has 0 unspecified atom stereocenters. The maximum atomic E-state index is 12.8. The Bertz CT molecular complexity index is 378. The van der Waals surface area contributed by atoms with Crippen molar-refractivity contribution in [3.8, 4) is 0 Å². The van der Waals surface area contributed by atoms with Crippen molar-refractivity contribution in [2.75, 3.05) is 30.3 Å². The molecule has 0 saturated carbocycles. The average molecular weight is 311 g/mol. The molecule has 0 amide bonds. The minimum atomic E-state index is -3.18. The number of halogens is 3. The molecule has 96 valence electrons. The van der Waals surface area contributed by atoms with Crippen LogP contribution in [0, 0.1) is 0 Å². The van der Waals surface area contributed by atoms with E-state index < -0.39 is 19.1 Å². The Balaban J connectivity index is 2.75.